The zero-order chi connectivity index (χ0) is 13.5. The Balaban J connectivity index is 2.65. The first-order valence-electron chi connectivity index (χ1n) is 6.13. The van der Waals surface area contributed by atoms with Crippen molar-refractivity contribution in [2.45, 2.75) is 26.9 Å². The van der Waals surface area contributed by atoms with Gasteiger partial charge in [0.15, 0.2) is 6.10 Å². The Morgan fingerprint density at radius 3 is 2.28 bits per heavy atom. The lowest BCUT2D eigenvalue weighted by Crippen LogP contribution is -2.40. The maximum atomic E-state index is 12.0. The van der Waals surface area contributed by atoms with Gasteiger partial charge < -0.3 is 9.64 Å². The number of benzene rings is 1. The van der Waals surface area contributed by atoms with Crippen molar-refractivity contribution in [1.82, 2.24) is 4.90 Å². The van der Waals surface area contributed by atoms with Gasteiger partial charge >= 0.3 is 0 Å². The van der Waals surface area contributed by atoms with E-state index in [0.717, 1.165) is 6.29 Å². The van der Waals surface area contributed by atoms with Crippen molar-refractivity contribution in [2.75, 3.05) is 13.1 Å². The summed E-state index contributed by atoms with van der Waals surface area (Å²) in [5.41, 5.74) is 0.588. The Kier molecular flexibility index (Phi) is 5.36. The molecule has 4 nitrogen and oxygen atoms in total. The first-order valence-corrected chi connectivity index (χ1v) is 6.13. The highest BCUT2D eigenvalue weighted by molar-refractivity contribution is 5.81. The maximum absolute atomic E-state index is 12.0. The van der Waals surface area contributed by atoms with E-state index in [4.69, 9.17) is 4.74 Å². The number of hydrogen-bond donors (Lipinski definition) is 0. The third-order valence-electron chi connectivity index (χ3n) is 2.75. The van der Waals surface area contributed by atoms with Gasteiger partial charge in [-0.15, -0.1) is 0 Å². The lowest BCUT2D eigenvalue weighted by atomic mass is 10.2. The monoisotopic (exact) mass is 249 g/mol. The molecular weight excluding hydrogens is 230 g/mol. The molecule has 1 amide bonds. The van der Waals surface area contributed by atoms with Crippen LogP contribution in [-0.4, -0.2) is 36.3 Å². The van der Waals surface area contributed by atoms with Crippen LogP contribution in [0.4, 0.5) is 0 Å². The quantitative estimate of drug-likeness (QED) is 0.726. The van der Waals surface area contributed by atoms with Crippen LogP contribution in [0.3, 0.4) is 0 Å². The van der Waals surface area contributed by atoms with E-state index < -0.39 is 6.10 Å². The van der Waals surface area contributed by atoms with Crippen molar-refractivity contribution in [3.8, 4) is 5.75 Å². The predicted octanol–water partition coefficient (Wildman–Crippen LogP) is 2.13. The van der Waals surface area contributed by atoms with Crippen molar-refractivity contribution in [3.63, 3.8) is 0 Å². The standard InChI is InChI=1S/C14H19NO3/c1-4-15(5-2)14(17)11(3)18-13-8-6-12(10-16)7-9-13/h6-11H,4-5H2,1-3H3. The molecule has 0 aromatic heterocycles. The van der Waals surface area contributed by atoms with Gasteiger partial charge in [-0.25, -0.2) is 0 Å². The first-order chi connectivity index (χ1) is 8.62. The van der Waals surface area contributed by atoms with Crippen molar-refractivity contribution in [2.24, 2.45) is 0 Å². The second kappa shape index (κ2) is 6.79. The zero-order valence-corrected chi connectivity index (χ0v) is 11.1. The summed E-state index contributed by atoms with van der Waals surface area (Å²) in [6.45, 7) is 6.95. The highest BCUT2D eigenvalue weighted by Gasteiger charge is 2.19. The Labute approximate surface area is 108 Å². The third kappa shape index (κ3) is 3.58. The lowest BCUT2D eigenvalue weighted by Gasteiger charge is -2.23. The van der Waals surface area contributed by atoms with E-state index >= 15 is 0 Å². The molecule has 0 spiro atoms. The number of carbonyl (C=O) groups excluding carboxylic acids is 2. The van der Waals surface area contributed by atoms with Gasteiger partial charge in [-0.05, 0) is 45.0 Å². The summed E-state index contributed by atoms with van der Waals surface area (Å²) in [4.78, 5) is 24.2. The molecule has 1 aromatic carbocycles. The van der Waals surface area contributed by atoms with E-state index in [1.54, 1.807) is 36.1 Å². The number of ether oxygens (including phenoxy) is 1. The summed E-state index contributed by atoms with van der Waals surface area (Å²) in [5, 5.41) is 0. The van der Waals surface area contributed by atoms with E-state index in [1.165, 1.54) is 0 Å². The Bertz CT molecular complexity index is 396. The molecule has 18 heavy (non-hydrogen) atoms. The SMILES string of the molecule is CCN(CC)C(=O)C(C)Oc1ccc(C=O)cc1. The summed E-state index contributed by atoms with van der Waals surface area (Å²) in [5.74, 6) is 0.563. The van der Waals surface area contributed by atoms with Crippen LogP contribution in [0.1, 0.15) is 31.1 Å². The van der Waals surface area contributed by atoms with Crippen LogP contribution in [0.5, 0.6) is 5.75 Å². The van der Waals surface area contributed by atoms with Gasteiger partial charge in [-0.2, -0.15) is 0 Å². The summed E-state index contributed by atoms with van der Waals surface area (Å²) in [7, 11) is 0. The fraction of sp³-hybridized carbons (Fsp3) is 0.429. The van der Waals surface area contributed by atoms with Crippen LogP contribution in [-0.2, 0) is 4.79 Å². The molecule has 1 rings (SSSR count). The average Bonchev–Trinajstić information content (AvgIpc) is 2.40. The molecule has 4 heteroatoms. The van der Waals surface area contributed by atoms with Crippen molar-refractivity contribution < 1.29 is 14.3 Å². The Morgan fingerprint density at radius 2 is 1.83 bits per heavy atom. The number of likely N-dealkylation sites (N-methyl/N-ethyl adjacent to an activating group) is 1. The predicted molar refractivity (Wildman–Crippen MR) is 69.8 cm³/mol. The zero-order valence-electron chi connectivity index (χ0n) is 11.1. The number of hydrogen-bond acceptors (Lipinski definition) is 3. The molecule has 1 atom stereocenters. The molecule has 0 aliphatic heterocycles. The van der Waals surface area contributed by atoms with Crippen molar-refractivity contribution in [1.29, 1.82) is 0 Å². The van der Waals surface area contributed by atoms with E-state index in [2.05, 4.69) is 0 Å². The molecule has 0 N–H and O–H groups in total. The summed E-state index contributed by atoms with van der Waals surface area (Å²) in [6, 6.07) is 6.71. The maximum Gasteiger partial charge on any atom is 0.263 e. The van der Waals surface area contributed by atoms with Crippen molar-refractivity contribution >= 4 is 12.2 Å². The molecule has 0 bridgehead atoms. The molecule has 0 saturated carbocycles. The molecule has 98 valence electrons. The van der Waals surface area contributed by atoms with Crippen LogP contribution in [0.15, 0.2) is 24.3 Å². The highest BCUT2D eigenvalue weighted by atomic mass is 16.5. The topological polar surface area (TPSA) is 46.6 Å². The number of nitrogens with zero attached hydrogens (tertiary/aromatic N) is 1. The summed E-state index contributed by atoms with van der Waals surface area (Å²) < 4.78 is 5.55. The van der Waals surface area contributed by atoms with Gasteiger partial charge in [-0.1, -0.05) is 0 Å². The fourth-order valence-electron chi connectivity index (χ4n) is 1.67. The van der Waals surface area contributed by atoms with E-state index in [1.807, 2.05) is 13.8 Å². The minimum Gasteiger partial charge on any atom is -0.481 e. The Hall–Kier alpha value is -1.84. The Morgan fingerprint density at radius 1 is 1.28 bits per heavy atom. The largest absolute Gasteiger partial charge is 0.481 e. The van der Waals surface area contributed by atoms with Gasteiger partial charge in [0.05, 0.1) is 0 Å². The number of rotatable bonds is 6. The molecule has 0 aliphatic carbocycles. The lowest BCUT2D eigenvalue weighted by molar-refractivity contribution is -0.137. The third-order valence-corrected chi connectivity index (χ3v) is 2.75. The number of aldehydes is 1. The minimum atomic E-state index is -0.521. The summed E-state index contributed by atoms with van der Waals surface area (Å²) in [6.07, 6.45) is 0.251. The second-order valence-electron chi connectivity index (χ2n) is 3.96. The van der Waals surface area contributed by atoms with Gasteiger partial charge in [0.1, 0.15) is 12.0 Å². The van der Waals surface area contributed by atoms with Crippen LogP contribution in [0.25, 0.3) is 0 Å². The second-order valence-corrected chi connectivity index (χ2v) is 3.96. The summed E-state index contributed by atoms with van der Waals surface area (Å²) >= 11 is 0. The smallest absolute Gasteiger partial charge is 0.263 e. The van der Waals surface area contributed by atoms with Gasteiger partial charge in [0, 0.05) is 18.7 Å². The molecule has 1 aromatic rings. The van der Waals surface area contributed by atoms with Crippen LogP contribution in [0.2, 0.25) is 0 Å². The van der Waals surface area contributed by atoms with Gasteiger partial charge in [-0.3, -0.25) is 9.59 Å². The molecule has 0 aliphatic rings. The molecule has 0 heterocycles. The van der Waals surface area contributed by atoms with Gasteiger partial charge in [0.25, 0.3) is 5.91 Å². The molecule has 0 radical (unpaired) electrons. The highest BCUT2D eigenvalue weighted by Crippen LogP contribution is 2.14. The minimum absolute atomic E-state index is 0.0283. The average molecular weight is 249 g/mol. The van der Waals surface area contributed by atoms with E-state index in [-0.39, 0.29) is 5.91 Å². The van der Waals surface area contributed by atoms with Crippen LogP contribution >= 0.6 is 0 Å². The van der Waals surface area contributed by atoms with Crippen LogP contribution < -0.4 is 4.74 Å². The van der Waals surface area contributed by atoms with E-state index in [0.29, 0.717) is 24.4 Å². The van der Waals surface area contributed by atoms with E-state index in [9.17, 15) is 9.59 Å². The molecule has 0 fully saturated rings. The fourth-order valence-corrected chi connectivity index (χ4v) is 1.67. The molecule has 1 unspecified atom stereocenters. The van der Waals surface area contributed by atoms with Crippen molar-refractivity contribution in [3.05, 3.63) is 29.8 Å². The normalized spacial score (nSPS) is 11.7. The molecular formula is C14H19NO3. The first kappa shape index (κ1) is 14.2. The van der Waals surface area contributed by atoms with Gasteiger partial charge in [0.2, 0.25) is 0 Å². The number of carbonyl (C=O) groups is 2. The number of amides is 1. The van der Waals surface area contributed by atoms with Crippen LogP contribution in [0, 0.1) is 0 Å². The molecule has 0 saturated heterocycles.